The summed E-state index contributed by atoms with van der Waals surface area (Å²) in [6.45, 7) is 5.88. The Labute approximate surface area is 97.5 Å². The summed E-state index contributed by atoms with van der Waals surface area (Å²) in [5.74, 6) is 1.10. The van der Waals surface area contributed by atoms with E-state index in [9.17, 15) is 5.11 Å². The number of pyridine rings is 1. The smallest absolute Gasteiger partial charge is 0.122 e. The van der Waals surface area contributed by atoms with E-state index < -0.39 is 0 Å². The van der Waals surface area contributed by atoms with Crippen LogP contribution in [0.3, 0.4) is 0 Å². The minimum Gasteiger partial charge on any atom is -0.497 e. The van der Waals surface area contributed by atoms with Crippen LogP contribution in [0.4, 0.5) is 0 Å². The lowest BCUT2D eigenvalue weighted by Crippen LogP contribution is -2.19. The summed E-state index contributed by atoms with van der Waals surface area (Å²) in [5, 5.41) is 9.61. The first-order valence-electron chi connectivity index (χ1n) is 5.76. The van der Waals surface area contributed by atoms with E-state index in [0.29, 0.717) is 0 Å². The zero-order valence-corrected chi connectivity index (χ0v) is 10.5. The minimum atomic E-state index is -0.293. The lowest BCUT2D eigenvalue weighted by atomic mass is 9.95. The molecule has 0 radical (unpaired) electrons. The van der Waals surface area contributed by atoms with E-state index in [2.05, 4.69) is 11.9 Å². The highest BCUT2D eigenvalue weighted by atomic mass is 16.5. The molecule has 1 aromatic heterocycles. The van der Waals surface area contributed by atoms with E-state index in [1.165, 1.54) is 0 Å². The Morgan fingerprint density at radius 2 is 2.12 bits per heavy atom. The molecule has 2 atom stereocenters. The third-order valence-electron chi connectivity index (χ3n) is 2.89. The topological polar surface area (TPSA) is 42.4 Å². The fraction of sp³-hybridized carbons (Fsp3) is 0.615. The van der Waals surface area contributed by atoms with Crippen molar-refractivity contribution >= 4 is 0 Å². The first kappa shape index (κ1) is 13.0. The van der Waals surface area contributed by atoms with Crippen molar-refractivity contribution in [2.24, 2.45) is 5.92 Å². The van der Waals surface area contributed by atoms with Crippen LogP contribution in [0.2, 0.25) is 0 Å². The van der Waals surface area contributed by atoms with Gasteiger partial charge in [-0.25, -0.2) is 0 Å². The van der Waals surface area contributed by atoms with Crippen LogP contribution in [0.5, 0.6) is 5.75 Å². The number of rotatable bonds is 5. The highest BCUT2D eigenvalue weighted by Crippen LogP contribution is 2.19. The number of methoxy groups -OCH3 is 1. The minimum absolute atomic E-state index is 0.263. The van der Waals surface area contributed by atoms with E-state index in [4.69, 9.17) is 4.74 Å². The van der Waals surface area contributed by atoms with Crippen LogP contribution < -0.4 is 4.74 Å². The number of aliphatic hydroxyl groups is 1. The van der Waals surface area contributed by atoms with Gasteiger partial charge in [-0.3, -0.25) is 4.98 Å². The van der Waals surface area contributed by atoms with Gasteiger partial charge in [0.05, 0.1) is 13.2 Å². The van der Waals surface area contributed by atoms with E-state index in [1.54, 1.807) is 7.11 Å². The number of aliphatic hydroxyl groups excluding tert-OH is 1. The predicted molar refractivity (Wildman–Crippen MR) is 64.7 cm³/mol. The molecule has 1 aromatic rings. The van der Waals surface area contributed by atoms with Crippen molar-refractivity contribution in [3.05, 3.63) is 23.5 Å². The zero-order valence-electron chi connectivity index (χ0n) is 10.5. The number of hydrogen-bond acceptors (Lipinski definition) is 3. The molecule has 0 aliphatic carbocycles. The largest absolute Gasteiger partial charge is 0.497 e. The number of nitrogens with zero attached hydrogens (tertiary/aromatic N) is 1. The Kier molecular flexibility index (Phi) is 4.74. The number of hydrogen-bond donors (Lipinski definition) is 1. The van der Waals surface area contributed by atoms with E-state index in [0.717, 1.165) is 30.0 Å². The monoisotopic (exact) mass is 223 g/mol. The molecular formula is C13H21NO2. The number of aromatic nitrogens is 1. The van der Waals surface area contributed by atoms with Gasteiger partial charge in [-0.1, -0.05) is 13.3 Å². The quantitative estimate of drug-likeness (QED) is 0.833. The van der Waals surface area contributed by atoms with Crippen molar-refractivity contribution in [3.8, 4) is 5.75 Å². The summed E-state index contributed by atoms with van der Waals surface area (Å²) in [5.41, 5.74) is 1.94. The maximum atomic E-state index is 9.61. The molecule has 0 saturated heterocycles. The maximum Gasteiger partial charge on any atom is 0.122 e. The molecule has 0 amide bonds. The molecule has 1 N–H and O–H groups in total. The van der Waals surface area contributed by atoms with E-state index in [1.807, 2.05) is 26.0 Å². The average molecular weight is 223 g/mol. The van der Waals surface area contributed by atoms with Crippen LogP contribution in [-0.4, -0.2) is 23.3 Å². The third kappa shape index (κ3) is 3.49. The second kappa shape index (κ2) is 5.85. The van der Waals surface area contributed by atoms with Crippen LogP contribution in [0.25, 0.3) is 0 Å². The lowest BCUT2D eigenvalue weighted by Gasteiger charge is -2.17. The van der Waals surface area contributed by atoms with Gasteiger partial charge in [-0.15, -0.1) is 0 Å². The molecule has 2 unspecified atom stereocenters. The molecule has 0 spiro atoms. The molecular weight excluding hydrogens is 202 g/mol. The molecule has 16 heavy (non-hydrogen) atoms. The Bertz CT molecular complexity index is 337. The third-order valence-corrected chi connectivity index (χ3v) is 2.89. The van der Waals surface area contributed by atoms with Crippen LogP contribution in [-0.2, 0) is 6.42 Å². The average Bonchev–Trinajstić information content (AvgIpc) is 2.24. The van der Waals surface area contributed by atoms with Crippen LogP contribution in [0.1, 0.15) is 31.7 Å². The zero-order chi connectivity index (χ0) is 12.1. The van der Waals surface area contributed by atoms with Gasteiger partial charge in [-0.2, -0.15) is 0 Å². The second-order valence-corrected chi connectivity index (χ2v) is 4.25. The van der Waals surface area contributed by atoms with Crippen molar-refractivity contribution in [3.63, 3.8) is 0 Å². The molecule has 0 aliphatic rings. The van der Waals surface area contributed by atoms with E-state index >= 15 is 0 Å². The van der Waals surface area contributed by atoms with Crippen LogP contribution in [0, 0.1) is 12.8 Å². The highest BCUT2D eigenvalue weighted by Gasteiger charge is 2.14. The van der Waals surface area contributed by atoms with Gasteiger partial charge in [0.15, 0.2) is 0 Å². The highest BCUT2D eigenvalue weighted by molar-refractivity contribution is 5.26. The molecule has 0 aromatic carbocycles. The molecule has 0 saturated carbocycles. The number of ether oxygens (including phenoxy) is 1. The van der Waals surface area contributed by atoms with Gasteiger partial charge in [0.1, 0.15) is 5.75 Å². The fourth-order valence-corrected chi connectivity index (χ4v) is 1.85. The van der Waals surface area contributed by atoms with Gasteiger partial charge in [0.2, 0.25) is 0 Å². The fourth-order valence-electron chi connectivity index (χ4n) is 1.85. The van der Waals surface area contributed by atoms with Crippen molar-refractivity contribution in [1.82, 2.24) is 4.98 Å². The molecule has 0 fully saturated rings. The molecule has 0 aliphatic heterocycles. The summed E-state index contributed by atoms with van der Waals surface area (Å²) in [6, 6.07) is 3.85. The summed E-state index contributed by atoms with van der Waals surface area (Å²) in [7, 11) is 1.66. The van der Waals surface area contributed by atoms with Crippen LogP contribution in [0.15, 0.2) is 12.1 Å². The Morgan fingerprint density at radius 1 is 1.44 bits per heavy atom. The summed E-state index contributed by atoms with van der Waals surface area (Å²) < 4.78 is 5.21. The maximum absolute atomic E-state index is 9.61. The molecule has 3 heteroatoms. The Hall–Kier alpha value is -1.09. The first-order valence-corrected chi connectivity index (χ1v) is 5.76. The second-order valence-electron chi connectivity index (χ2n) is 4.25. The van der Waals surface area contributed by atoms with Gasteiger partial charge in [0, 0.05) is 23.5 Å². The Morgan fingerprint density at radius 3 is 2.62 bits per heavy atom. The van der Waals surface area contributed by atoms with Crippen molar-refractivity contribution < 1.29 is 9.84 Å². The van der Waals surface area contributed by atoms with Crippen LogP contribution >= 0.6 is 0 Å². The van der Waals surface area contributed by atoms with Crippen molar-refractivity contribution in [1.29, 1.82) is 0 Å². The van der Waals surface area contributed by atoms with Gasteiger partial charge in [-0.05, 0) is 26.2 Å². The predicted octanol–water partition coefficient (Wildman–Crippen LogP) is 2.35. The normalized spacial score (nSPS) is 14.6. The lowest BCUT2D eigenvalue weighted by molar-refractivity contribution is 0.122. The summed E-state index contributed by atoms with van der Waals surface area (Å²) >= 11 is 0. The molecule has 1 heterocycles. The SMILES string of the molecule is CCC(Cc1cc(OC)cc(C)n1)C(C)O. The Balaban J connectivity index is 2.83. The standard InChI is InChI=1S/C13H21NO2/c1-5-11(10(3)15)7-12-8-13(16-4)6-9(2)14-12/h6,8,10-11,15H,5,7H2,1-4H3. The molecule has 90 valence electrons. The van der Waals surface area contributed by atoms with Crippen molar-refractivity contribution in [2.45, 2.75) is 39.7 Å². The molecule has 3 nitrogen and oxygen atoms in total. The van der Waals surface area contributed by atoms with Crippen molar-refractivity contribution in [2.75, 3.05) is 7.11 Å². The molecule has 0 bridgehead atoms. The van der Waals surface area contributed by atoms with Gasteiger partial charge in [0.25, 0.3) is 0 Å². The summed E-state index contributed by atoms with van der Waals surface area (Å²) in [4.78, 5) is 4.46. The van der Waals surface area contributed by atoms with Gasteiger partial charge < -0.3 is 9.84 Å². The number of aryl methyl sites for hydroxylation is 1. The molecule has 1 rings (SSSR count). The first-order chi connectivity index (χ1) is 7.56. The van der Waals surface area contributed by atoms with E-state index in [-0.39, 0.29) is 12.0 Å². The van der Waals surface area contributed by atoms with Gasteiger partial charge >= 0.3 is 0 Å². The summed E-state index contributed by atoms with van der Waals surface area (Å²) in [6.07, 6.45) is 1.46.